The maximum Gasteiger partial charge on any atom is 0.341 e. The highest BCUT2D eigenvalue weighted by Gasteiger charge is 2.25. The monoisotopic (exact) mass is 455 g/mol. The first-order chi connectivity index (χ1) is 15.1. The average Bonchev–Trinajstić information content (AvgIpc) is 3.07. The van der Waals surface area contributed by atoms with Gasteiger partial charge in [0, 0.05) is 10.4 Å². The Bertz CT molecular complexity index is 1130. The van der Waals surface area contributed by atoms with Gasteiger partial charge in [-0.25, -0.2) is 9.18 Å². The predicted octanol–water partition coefficient (Wildman–Crippen LogP) is 5.96. The van der Waals surface area contributed by atoms with Crippen molar-refractivity contribution in [1.29, 1.82) is 0 Å². The van der Waals surface area contributed by atoms with E-state index in [9.17, 15) is 14.0 Å². The molecule has 7 heteroatoms. The molecule has 1 heterocycles. The molecule has 168 valence electrons. The first kappa shape index (κ1) is 23.5. The van der Waals surface area contributed by atoms with Gasteiger partial charge in [-0.15, -0.1) is 11.3 Å². The van der Waals surface area contributed by atoms with Crippen LogP contribution in [0.4, 0.5) is 9.39 Å². The van der Waals surface area contributed by atoms with Crippen molar-refractivity contribution in [1.82, 2.24) is 0 Å². The summed E-state index contributed by atoms with van der Waals surface area (Å²) in [6.45, 7) is 7.84. The van der Waals surface area contributed by atoms with Crippen LogP contribution in [0.3, 0.4) is 0 Å². The number of benzene rings is 2. The summed E-state index contributed by atoms with van der Waals surface area (Å²) in [7, 11) is 1.28. The van der Waals surface area contributed by atoms with Gasteiger partial charge in [-0.2, -0.15) is 0 Å². The molecular formula is C25H26FNO4S. The zero-order valence-electron chi connectivity index (χ0n) is 18.7. The molecule has 0 aliphatic rings. The first-order valence-electron chi connectivity index (χ1n) is 10.1. The normalized spacial score (nSPS) is 11.2. The number of carbonyl (C=O) groups is 2. The van der Waals surface area contributed by atoms with Crippen LogP contribution in [0.2, 0.25) is 0 Å². The lowest BCUT2D eigenvalue weighted by atomic mass is 9.86. The lowest BCUT2D eigenvalue weighted by Crippen LogP contribution is -2.22. The molecule has 0 saturated carbocycles. The lowest BCUT2D eigenvalue weighted by Gasteiger charge is -2.22. The van der Waals surface area contributed by atoms with Crippen molar-refractivity contribution in [2.24, 2.45) is 0 Å². The Kier molecular flexibility index (Phi) is 6.99. The van der Waals surface area contributed by atoms with Crippen LogP contribution in [0.15, 0.2) is 48.5 Å². The first-order valence-corrected chi connectivity index (χ1v) is 10.9. The number of nitrogens with one attached hydrogen (secondary N) is 1. The van der Waals surface area contributed by atoms with Crippen LogP contribution in [0.25, 0.3) is 11.1 Å². The van der Waals surface area contributed by atoms with Gasteiger partial charge in [0.2, 0.25) is 0 Å². The molecule has 2 aromatic carbocycles. The number of esters is 1. The van der Waals surface area contributed by atoms with Crippen LogP contribution in [-0.4, -0.2) is 25.6 Å². The Balaban J connectivity index is 1.85. The van der Waals surface area contributed by atoms with E-state index in [1.54, 1.807) is 12.1 Å². The number of halogens is 1. The van der Waals surface area contributed by atoms with Crippen molar-refractivity contribution in [3.63, 3.8) is 0 Å². The molecule has 0 saturated heterocycles. The highest BCUT2D eigenvalue weighted by Crippen LogP contribution is 2.40. The van der Waals surface area contributed by atoms with E-state index in [2.05, 4.69) is 26.1 Å². The van der Waals surface area contributed by atoms with E-state index >= 15 is 0 Å². The van der Waals surface area contributed by atoms with E-state index in [1.165, 1.54) is 30.6 Å². The third-order valence-electron chi connectivity index (χ3n) is 4.91. The maximum atomic E-state index is 13.4. The molecule has 5 nitrogen and oxygen atoms in total. The Hall–Kier alpha value is -3.19. The standard InChI is InChI=1S/C25H26FNO4S/c1-15-21(16-10-12-17(26)13-11-16)22(24(29)30-5)23(32-15)27-20(28)14-31-19-9-7-6-8-18(19)25(2,3)4/h6-13H,14H2,1-5H3,(H,27,28). The van der Waals surface area contributed by atoms with Gasteiger partial charge in [0.1, 0.15) is 22.1 Å². The second-order valence-corrected chi connectivity index (χ2v) is 9.54. The van der Waals surface area contributed by atoms with Crippen LogP contribution in [0, 0.1) is 12.7 Å². The van der Waals surface area contributed by atoms with E-state index in [4.69, 9.17) is 9.47 Å². The Morgan fingerprint density at radius 2 is 1.72 bits per heavy atom. The minimum atomic E-state index is -0.581. The van der Waals surface area contributed by atoms with Crippen LogP contribution < -0.4 is 10.1 Å². The fourth-order valence-electron chi connectivity index (χ4n) is 3.41. The zero-order chi connectivity index (χ0) is 23.5. The van der Waals surface area contributed by atoms with Gasteiger partial charge in [0.05, 0.1) is 7.11 Å². The summed E-state index contributed by atoms with van der Waals surface area (Å²) in [6.07, 6.45) is 0. The second-order valence-electron chi connectivity index (χ2n) is 8.32. The highest BCUT2D eigenvalue weighted by molar-refractivity contribution is 7.17. The Morgan fingerprint density at radius 1 is 1.06 bits per heavy atom. The third-order valence-corrected chi connectivity index (χ3v) is 5.93. The molecule has 3 rings (SSSR count). The Morgan fingerprint density at radius 3 is 2.34 bits per heavy atom. The summed E-state index contributed by atoms with van der Waals surface area (Å²) in [5.74, 6) is -0.714. The van der Waals surface area contributed by atoms with Crippen LogP contribution >= 0.6 is 11.3 Å². The van der Waals surface area contributed by atoms with Crippen molar-refractivity contribution in [3.8, 4) is 16.9 Å². The summed E-state index contributed by atoms with van der Waals surface area (Å²) in [5.41, 5.74) is 2.37. The van der Waals surface area contributed by atoms with Gasteiger partial charge in [0.25, 0.3) is 5.91 Å². The van der Waals surface area contributed by atoms with Gasteiger partial charge >= 0.3 is 5.97 Å². The number of hydrogen-bond acceptors (Lipinski definition) is 5. The molecule has 0 spiro atoms. The second kappa shape index (κ2) is 9.53. The molecular weight excluding hydrogens is 429 g/mol. The number of aryl methyl sites for hydroxylation is 1. The number of carbonyl (C=O) groups excluding carboxylic acids is 2. The lowest BCUT2D eigenvalue weighted by molar-refractivity contribution is -0.118. The van der Waals surface area contributed by atoms with Crippen molar-refractivity contribution in [2.75, 3.05) is 19.0 Å². The number of hydrogen-bond donors (Lipinski definition) is 1. The molecule has 0 fully saturated rings. The molecule has 1 aromatic heterocycles. The smallest absolute Gasteiger partial charge is 0.341 e. The van der Waals surface area contributed by atoms with Crippen LogP contribution in [0.5, 0.6) is 5.75 Å². The molecule has 0 radical (unpaired) electrons. The molecule has 0 atom stereocenters. The zero-order valence-corrected chi connectivity index (χ0v) is 19.6. The summed E-state index contributed by atoms with van der Waals surface area (Å²) >= 11 is 1.26. The largest absolute Gasteiger partial charge is 0.483 e. The summed E-state index contributed by atoms with van der Waals surface area (Å²) in [5, 5.41) is 3.14. The van der Waals surface area contributed by atoms with E-state index < -0.39 is 11.9 Å². The topological polar surface area (TPSA) is 64.6 Å². The number of para-hydroxylation sites is 1. The number of methoxy groups -OCH3 is 1. The predicted molar refractivity (Wildman–Crippen MR) is 125 cm³/mol. The van der Waals surface area contributed by atoms with E-state index in [-0.39, 0.29) is 23.4 Å². The summed E-state index contributed by atoms with van der Waals surface area (Å²) < 4.78 is 24.1. The van der Waals surface area contributed by atoms with Crippen LogP contribution in [0.1, 0.15) is 41.6 Å². The van der Waals surface area contributed by atoms with Gasteiger partial charge < -0.3 is 14.8 Å². The fourth-order valence-corrected chi connectivity index (χ4v) is 4.49. The van der Waals surface area contributed by atoms with Crippen molar-refractivity contribution in [3.05, 3.63) is 70.4 Å². The number of anilines is 1. The number of rotatable bonds is 6. The van der Waals surface area contributed by atoms with E-state index in [1.807, 2.05) is 31.2 Å². The highest BCUT2D eigenvalue weighted by atomic mass is 32.1. The molecule has 1 N–H and O–H groups in total. The van der Waals surface area contributed by atoms with E-state index in [0.717, 1.165) is 10.4 Å². The fraction of sp³-hybridized carbons (Fsp3) is 0.280. The van der Waals surface area contributed by atoms with Crippen molar-refractivity contribution in [2.45, 2.75) is 33.1 Å². The summed E-state index contributed by atoms with van der Waals surface area (Å²) in [6, 6.07) is 13.4. The third kappa shape index (κ3) is 5.16. The van der Waals surface area contributed by atoms with Gasteiger partial charge in [0.15, 0.2) is 6.61 Å². The maximum absolute atomic E-state index is 13.4. The van der Waals surface area contributed by atoms with Crippen molar-refractivity contribution >= 4 is 28.2 Å². The van der Waals surface area contributed by atoms with Crippen molar-refractivity contribution < 1.29 is 23.5 Å². The molecule has 0 aliphatic heterocycles. The number of thiophene rings is 1. The molecule has 0 unspecified atom stereocenters. The minimum Gasteiger partial charge on any atom is -0.483 e. The SMILES string of the molecule is COC(=O)c1c(NC(=O)COc2ccccc2C(C)(C)C)sc(C)c1-c1ccc(F)cc1. The van der Waals surface area contributed by atoms with Crippen LogP contribution in [-0.2, 0) is 14.9 Å². The Labute approximate surface area is 191 Å². The van der Waals surface area contributed by atoms with E-state index in [0.29, 0.717) is 21.9 Å². The average molecular weight is 456 g/mol. The quantitative estimate of drug-likeness (QED) is 0.466. The molecule has 3 aromatic rings. The molecule has 0 bridgehead atoms. The molecule has 32 heavy (non-hydrogen) atoms. The van der Waals surface area contributed by atoms with Gasteiger partial charge in [-0.1, -0.05) is 51.1 Å². The number of amides is 1. The number of ether oxygens (including phenoxy) is 2. The molecule has 0 aliphatic carbocycles. The van der Waals surface area contributed by atoms with Gasteiger partial charge in [-0.3, -0.25) is 4.79 Å². The minimum absolute atomic E-state index is 0.139. The molecule has 1 amide bonds. The van der Waals surface area contributed by atoms with Gasteiger partial charge in [-0.05, 0) is 41.7 Å². The summed E-state index contributed by atoms with van der Waals surface area (Å²) in [4.78, 5) is 26.0.